The van der Waals surface area contributed by atoms with Gasteiger partial charge in [0, 0.05) is 17.1 Å². The van der Waals surface area contributed by atoms with Crippen LogP contribution in [-0.2, 0) is 0 Å². The Morgan fingerprint density at radius 1 is 1.31 bits per heavy atom. The van der Waals surface area contributed by atoms with Gasteiger partial charge in [0.1, 0.15) is 5.01 Å². The Labute approximate surface area is 103 Å². The van der Waals surface area contributed by atoms with Crippen LogP contribution in [0.15, 0.2) is 6.20 Å². The molecule has 0 spiro atoms. The van der Waals surface area contributed by atoms with Crippen molar-refractivity contribution in [1.82, 2.24) is 10.3 Å². The summed E-state index contributed by atoms with van der Waals surface area (Å²) in [5.74, 6) is 0.681. The summed E-state index contributed by atoms with van der Waals surface area (Å²) in [6.45, 7) is 11.1. The zero-order chi connectivity index (χ0) is 12.1. The van der Waals surface area contributed by atoms with E-state index in [1.807, 2.05) is 17.5 Å². The van der Waals surface area contributed by atoms with Crippen LogP contribution in [0.2, 0.25) is 0 Å². The second kappa shape index (κ2) is 6.36. The average Bonchev–Trinajstić information content (AvgIpc) is 2.66. The van der Waals surface area contributed by atoms with Crippen molar-refractivity contribution in [1.29, 1.82) is 0 Å². The number of thiazole rings is 1. The first-order chi connectivity index (χ1) is 7.58. The van der Waals surface area contributed by atoms with Crippen LogP contribution in [0.4, 0.5) is 0 Å². The summed E-state index contributed by atoms with van der Waals surface area (Å²) in [6.07, 6.45) is 4.26. The van der Waals surface area contributed by atoms with Gasteiger partial charge in [-0.2, -0.15) is 0 Å². The van der Waals surface area contributed by atoms with Crippen LogP contribution in [0, 0.1) is 12.8 Å². The molecule has 0 amide bonds. The zero-order valence-electron chi connectivity index (χ0n) is 11.1. The first-order valence-corrected chi connectivity index (χ1v) is 7.08. The van der Waals surface area contributed by atoms with Crippen molar-refractivity contribution in [3.05, 3.63) is 16.1 Å². The van der Waals surface area contributed by atoms with E-state index in [1.165, 1.54) is 16.3 Å². The van der Waals surface area contributed by atoms with Crippen molar-refractivity contribution in [2.24, 2.45) is 5.92 Å². The Morgan fingerprint density at radius 2 is 2.00 bits per heavy atom. The van der Waals surface area contributed by atoms with E-state index < -0.39 is 0 Å². The van der Waals surface area contributed by atoms with Gasteiger partial charge < -0.3 is 5.32 Å². The molecule has 1 aromatic rings. The molecule has 0 fully saturated rings. The quantitative estimate of drug-likeness (QED) is 0.815. The first kappa shape index (κ1) is 13.7. The van der Waals surface area contributed by atoms with Crippen LogP contribution in [0.5, 0.6) is 0 Å². The van der Waals surface area contributed by atoms with E-state index in [0.29, 0.717) is 18.0 Å². The zero-order valence-corrected chi connectivity index (χ0v) is 11.9. The van der Waals surface area contributed by atoms with Gasteiger partial charge in [-0.3, -0.25) is 0 Å². The lowest BCUT2D eigenvalue weighted by Crippen LogP contribution is -2.36. The third kappa shape index (κ3) is 3.56. The van der Waals surface area contributed by atoms with Gasteiger partial charge in [-0.1, -0.05) is 27.7 Å². The summed E-state index contributed by atoms with van der Waals surface area (Å²) in [5.41, 5.74) is 0. The molecule has 1 rings (SSSR count). The Bertz CT molecular complexity index is 307. The molecular weight excluding hydrogens is 216 g/mol. The fraction of sp³-hybridized carbons (Fsp3) is 0.769. The van der Waals surface area contributed by atoms with Gasteiger partial charge in [0.15, 0.2) is 0 Å². The van der Waals surface area contributed by atoms with E-state index in [9.17, 15) is 0 Å². The van der Waals surface area contributed by atoms with Crippen molar-refractivity contribution >= 4 is 11.3 Å². The summed E-state index contributed by atoms with van der Waals surface area (Å²) < 4.78 is 0. The predicted octanol–water partition coefficient (Wildman–Crippen LogP) is 3.93. The van der Waals surface area contributed by atoms with E-state index in [0.717, 1.165) is 6.42 Å². The molecule has 1 aromatic heterocycles. The van der Waals surface area contributed by atoms with E-state index in [-0.39, 0.29) is 0 Å². The van der Waals surface area contributed by atoms with Crippen LogP contribution >= 0.6 is 11.3 Å². The Morgan fingerprint density at radius 3 is 2.38 bits per heavy atom. The highest BCUT2D eigenvalue weighted by Crippen LogP contribution is 2.23. The van der Waals surface area contributed by atoms with Crippen LogP contribution in [-0.4, -0.2) is 11.0 Å². The molecule has 2 atom stereocenters. The molecule has 1 N–H and O–H groups in total. The number of nitrogens with zero attached hydrogens (tertiary/aromatic N) is 1. The third-order valence-electron chi connectivity index (χ3n) is 3.01. The van der Waals surface area contributed by atoms with E-state index in [4.69, 9.17) is 0 Å². The monoisotopic (exact) mass is 240 g/mol. The van der Waals surface area contributed by atoms with E-state index in [1.54, 1.807) is 0 Å². The van der Waals surface area contributed by atoms with E-state index >= 15 is 0 Å². The minimum Gasteiger partial charge on any atom is -0.305 e. The molecule has 16 heavy (non-hydrogen) atoms. The number of hydrogen-bond acceptors (Lipinski definition) is 3. The molecule has 0 saturated carbocycles. The minimum atomic E-state index is 0.422. The Kier molecular flexibility index (Phi) is 5.42. The summed E-state index contributed by atoms with van der Waals surface area (Å²) in [7, 11) is 0. The molecule has 1 heterocycles. The van der Waals surface area contributed by atoms with Crippen molar-refractivity contribution in [3.8, 4) is 0 Å². The molecular formula is C13H24N2S. The summed E-state index contributed by atoms with van der Waals surface area (Å²) in [4.78, 5) is 5.79. The van der Waals surface area contributed by atoms with Gasteiger partial charge in [0.25, 0.3) is 0 Å². The van der Waals surface area contributed by atoms with Gasteiger partial charge in [-0.25, -0.2) is 4.98 Å². The normalized spacial score (nSPS) is 15.4. The van der Waals surface area contributed by atoms with Crippen LogP contribution in [0.1, 0.15) is 56.5 Å². The molecule has 0 saturated heterocycles. The summed E-state index contributed by atoms with van der Waals surface area (Å²) in [6, 6.07) is 1.01. The number of hydrogen-bond donors (Lipinski definition) is 1. The van der Waals surface area contributed by atoms with Gasteiger partial charge in [0.05, 0.1) is 6.04 Å². The van der Waals surface area contributed by atoms with Crippen molar-refractivity contribution < 1.29 is 0 Å². The number of aryl methyl sites for hydroxylation is 1. The molecule has 0 aliphatic carbocycles. The standard InChI is InChI=1S/C13H24N2S/c1-6-11(9(3)4)15-12(7-2)13-14-8-10(5)16-13/h8-9,11-12,15H,6-7H2,1-5H3. The van der Waals surface area contributed by atoms with Crippen LogP contribution in [0.3, 0.4) is 0 Å². The molecule has 2 unspecified atom stereocenters. The molecule has 0 bridgehead atoms. The maximum Gasteiger partial charge on any atom is 0.110 e. The van der Waals surface area contributed by atoms with E-state index in [2.05, 4.69) is 44.9 Å². The fourth-order valence-electron chi connectivity index (χ4n) is 1.94. The highest BCUT2D eigenvalue weighted by molar-refractivity contribution is 7.11. The minimum absolute atomic E-state index is 0.422. The van der Waals surface area contributed by atoms with Gasteiger partial charge in [0.2, 0.25) is 0 Å². The third-order valence-corrected chi connectivity index (χ3v) is 4.03. The SMILES string of the molecule is CCC(NC(CC)C(C)C)c1ncc(C)s1. The molecule has 92 valence electrons. The molecule has 0 aliphatic rings. The molecule has 2 nitrogen and oxygen atoms in total. The summed E-state index contributed by atoms with van der Waals surface area (Å²) >= 11 is 1.81. The van der Waals surface area contributed by atoms with Gasteiger partial charge in [-0.05, 0) is 25.7 Å². The van der Waals surface area contributed by atoms with Gasteiger partial charge in [-0.15, -0.1) is 11.3 Å². The first-order valence-electron chi connectivity index (χ1n) is 6.26. The Hall–Kier alpha value is -0.410. The smallest absolute Gasteiger partial charge is 0.110 e. The average molecular weight is 240 g/mol. The van der Waals surface area contributed by atoms with Crippen LogP contribution < -0.4 is 5.32 Å². The molecule has 3 heteroatoms. The number of nitrogens with one attached hydrogen (secondary N) is 1. The number of aromatic nitrogens is 1. The largest absolute Gasteiger partial charge is 0.305 e. The highest BCUT2D eigenvalue weighted by atomic mass is 32.1. The lowest BCUT2D eigenvalue weighted by Gasteiger charge is -2.25. The van der Waals surface area contributed by atoms with Crippen LogP contribution in [0.25, 0.3) is 0 Å². The predicted molar refractivity (Wildman–Crippen MR) is 71.9 cm³/mol. The topological polar surface area (TPSA) is 24.9 Å². The summed E-state index contributed by atoms with van der Waals surface area (Å²) in [5, 5.41) is 4.97. The van der Waals surface area contributed by atoms with Crippen molar-refractivity contribution in [2.75, 3.05) is 0 Å². The molecule has 0 radical (unpaired) electrons. The van der Waals surface area contributed by atoms with Crippen molar-refractivity contribution in [3.63, 3.8) is 0 Å². The maximum absolute atomic E-state index is 4.49. The fourth-order valence-corrected chi connectivity index (χ4v) is 2.85. The second-order valence-corrected chi connectivity index (χ2v) is 5.96. The maximum atomic E-state index is 4.49. The lowest BCUT2D eigenvalue weighted by atomic mass is 10.0. The van der Waals surface area contributed by atoms with Gasteiger partial charge >= 0.3 is 0 Å². The van der Waals surface area contributed by atoms with Crippen molar-refractivity contribution in [2.45, 2.75) is 59.5 Å². The Balaban J connectivity index is 2.68. The second-order valence-electron chi connectivity index (χ2n) is 4.70. The molecule has 0 aliphatic heterocycles. The lowest BCUT2D eigenvalue weighted by molar-refractivity contribution is 0.340. The molecule has 0 aromatic carbocycles. The highest BCUT2D eigenvalue weighted by Gasteiger charge is 2.18. The number of rotatable bonds is 6.